The van der Waals surface area contributed by atoms with Crippen molar-refractivity contribution in [1.29, 1.82) is 0 Å². The Kier molecular flexibility index (Phi) is 3.28. The number of carboxylic acids is 1. The Hall–Kier alpha value is -1.62. The third kappa shape index (κ3) is 2.24. The summed E-state index contributed by atoms with van der Waals surface area (Å²) in [6, 6.07) is 7.45. The van der Waals surface area contributed by atoms with Crippen molar-refractivity contribution in [2.75, 3.05) is 0 Å². The van der Waals surface area contributed by atoms with E-state index < -0.39 is 5.97 Å². The topological polar surface area (TPSA) is 55.1 Å². The zero-order valence-electron chi connectivity index (χ0n) is 9.22. The van der Waals surface area contributed by atoms with Crippen molar-refractivity contribution in [2.45, 2.75) is 13.5 Å². The maximum absolute atomic E-state index is 11.2. The van der Waals surface area contributed by atoms with E-state index in [0.717, 1.165) is 10.0 Å². The molecule has 88 valence electrons. The van der Waals surface area contributed by atoms with E-state index in [4.69, 9.17) is 5.11 Å². The summed E-state index contributed by atoms with van der Waals surface area (Å²) in [6.45, 7) is 2.56. The minimum absolute atomic E-state index is 0.221. The molecule has 0 radical (unpaired) electrons. The Morgan fingerprint density at radius 2 is 2.18 bits per heavy atom. The van der Waals surface area contributed by atoms with Crippen LogP contribution in [0, 0.1) is 0 Å². The Morgan fingerprint density at radius 1 is 1.47 bits per heavy atom. The van der Waals surface area contributed by atoms with Crippen LogP contribution in [0.4, 0.5) is 0 Å². The molecule has 2 aromatic rings. The lowest BCUT2D eigenvalue weighted by Gasteiger charge is -2.01. The molecule has 0 aliphatic heterocycles. The number of benzene rings is 1. The molecule has 0 aliphatic rings. The fraction of sp³-hybridized carbons (Fsp3) is 0.167. The van der Waals surface area contributed by atoms with E-state index in [-0.39, 0.29) is 5.56 Å². The SMILES string of the molecule is CCn1cc(C(=O)O)c(-c2ccccc2Br)n1. The molecule has 0 unspecified atom stereocenters. The van der Waals surface area contributed by atoms with Gasteiger partial charge in [0.05, 0.1) is 0 Å². The molecule has 0 saturated carbocycles. The third-order valence-corrected chi connectivity index (χ3v) is 3.14. The molecule has 0 spiro atoms. The largest absolute Gasteiger partial charge is 0.478 e. The van der Waals surface area contributed by atoms with Crippen LogP contribution in [-0.4, -0.2) is 20.9 Å². The minimum atomic E-state index is -0.963. The maximum Gasteiger partial charge on any atom is 0.339 e. The highest BCUT2D eigenvalue weighted by atomic mass is 79.9. The maximum atomic E-state index is 11.2. The zero-order chi connectivity index (χ0) is 12.4. The molecule has 4 nitrogen and oxygen atoms in total. The standard InChI is InChI=1S/C12H11BrN2O2/c1-2-15-7-9(12(16)17)11(14-15)8-5-3-4-6-10(8)13/h3-7H,2H2,1H3,(H,16,17). The highest BCUT2D eigenvalue weighted by Crippen LogP contribution is 2.29. The van der Waals surface area contributed by atoms with Gasteiger partial charge in [-0.3, -0.25) is 4.68 Å². The van der Waals surface area contributed by atoms with Crippen molar-refractivity contribution in [3.63, 3.8) is 0 Å². The summed E-state index contributed by atoms with van der Waals surface area (Å²) in [5, 5.41) is 13.4. The lowest BCUT2D eigenvalue weighted by atomic mass is 10.1. The fourth-order valence-electron chi connectivity index (χ4n) is 1.59. The van der Waals surface area contributed by atoms with Gasteiger partial charge in [-0.15, -0.1) is 0 Å². The van der Waals surface area contributed by atoms with Crippen molar-refractivity contribution >= 4 is 21.9 Å². The Bertz CT molecular complexity index is 563. The molecule has 0 bridgehead atoms. The highest BCUT2D eigenvalue weighted by molar-refractivity contribution is 9.10. The van der Waals surface area contributed by atoms with Crippen LogP contribution in [0.3, 0.4) is 0 Å². The predicted molar refractivity (Wildman–Crippen MR) is 68.0 cm³/mol. The van der Waals surface area contributed by atoms with Crippen LogP contribution in [0.5, 0.6) is 0 Å². The van der Waals surface area contributed by atoms with Gasteiger partial charge in [-0.1, -0.05) is 34.1 Å². The van der Waals surface area contributed by atoms with Gasteiger partial charge in [0.1, 0.15) is 11.3 Å². The van der Waals surface area contributed by atoms with Gasteiger partial charge in [-0.05, 0) is 13.0 Å². The molecule has 1 aromatic heterocycles. The number of aromatic carboxylic acids is 1. The van der Waals surface area contributed by atoms with Crippen LogP contribution < -0.4 is 0 Å². The first kappa shape index (κ1) is 11.9. The summed E-state index contributed by atoms with van der Waals surface area (Å²) in [5.41, 5.74) is 1.50. The quantitative estimate of drug-likeness (QED) is 0.947. The summed E-state index contributed by atoms with van der Waals surface area (Å²) in [7, 11) is 0. The van der Waals surface area contributed by atoms with Crippen molar-refractivity contribution in [3.8, 4) is 11.3 Å². The third-order valence-electron chi connectivity index (χ3n) is 2.45. The van der Waals surface area contributed by atoms with Gasteiger partial charge >= 0.3 is 5.97 Å². The van der Waals surface area contributed by atoms with Gasteiger partial charge in [-0.2, -0.15) is 5.10 Å². The summed E-state index contributed by atoms with van der Waals surface area (Å²) in [4.78, 5) is 11.2. The molecular formula is C12H11BrN2O2. The van der Waals surface area contributed by atoms with Gasteiger partial charge in [0.15, 0.2) is 0 Å². The molecule has 0 saturated heterocycles. The van der Waals surface area contributed by atoms with Crippen LogP contribution >= 0.6 is 15.9 Å². The number of rotatable bonds is 3. The molecule has 17 heavy (non-hydrogen) atoms. The second kappa shape index (κ2) is 4.71. The molecule has 0 aliphatic carbocycles. The van der Waals surface area contributed by atoms with Gasteiger partial charge in [-0.25, -0.2) is 4.79 Å². The average Bonchev–Trinajstić information content (AvgIpc) is 2.73. The summed E-state index contributed by atoms with van der Waals surface area (Å²) in [5.74, 6) is -0.963. The second-order valence-corrected chi connectivity index (χ2v) is 4.39. The van der Waals surface area contributed by atoms with Crippen molar-refractivity contribution < 1.29 is 9.90 Å². The molecule has 1 N–H and O–H groups in total. The number of carboxylic acid groups (broad SMARTS) is 1. The molecule has 1 heterocycles. The molecular weight excluding hydrogens is 284 g/mol. The smallest absolute Gasteiger partial charge is 0.339 e. The molecule has 5 heteroatoms. The van der Waals surface area contributed by atoms with E-state index >= 15 is 0 Å². The predicted octanol–water partition coefficient (Wildman–Crippen LogP) is 3.03. The van der Waals surface area contributed by atoms with E-state index in [1.54, 1.807) is 10.9 Å². The normalized spacial score (nSPS) is 10.5. The lowest BCUT2D eigenvalue weighted by molar-refractivity contribution is 0.0697. The number of halogens is 1. The van der Waals surface area contributed by atoms with Crippen LogP contribution in [0.15, 0.2) is 34.9 Å². The van der Waals surface area contributed by atoms with Gasteiger partial charge in [0, 0.05) is 22.8 Å². The average molecular weight is 295 g/mol. The van der Waals surface area contributed by atoms with Crippen LogP contribution in [0.1, 0.15) is 17.3 Å². The minimum Gasteiger partial charge on any atom is -0.478 e. The number of hydrogen-bond acceptors (Lipinski definition) is 2. The van der Waals surface area contributed by atoms with E-state index in [1.165, 1.54) is 0 Å². The summed E-state index contributed by atoms with van der Waals surface area (Å²) >= 11 is 3.41. The Labute approximate surface area is 107 Å². The second-order valence-electron chi connectivity index (χ2n) is 3.53. The fourth-order valence-corrected chi connectivity index (χ4v) is 2.06. The first-order valence-electron chi connectivity index (χ1n) is 5.19. The monoisotopic (exact) mass is 294 g/mol. The van der Waals surface area contributed by atoms with Crippen LogP contribution in [0.25, 0.3) is 11.3 Å². The summed E-state index contributed by atoms with van der Waals surface area (Å²) < 4.78 is 2.46. The zero-order valence-corrected chi connectivity index (χ0v) is 10.8. The first-order valence-corrected chi connectivity index (χ1v) is 5.98. The Balaban J connectivity index is 2.62. The summed E-state index contributed by atoms with van der Waals surface area (Å²) in [6.07, 6.45) is 1.55. The number of carbonyl (C=O) groups is 1. The first-order chi connectivity index (χ1) is 8.13. The number of nitrogens with zero attached hydrogens (tertiary/aromatic N) is 2. The number of aromatic nitrogens is 2. The van der Waals surface area contributed by atoms with Crippen molar-refractivity contribution in [3.05, 3.63) is 40.5 Å². The van der Waals surface area contributed by atoms with Gasteiger partial charge in [0.25, 0.3) is 0 Å². The lowest BCUT2D eigenvalue weighted by Crippen LogP contribution is -1.96. The Morgan fingerprint density at radius 3 is 2.76 bits per heavy atom. The number of hydrogen-bond donors (Lipinski definition) is 1. The van der Waals surface area contributed by atoms with Crippen LogP contribution in [0.2, 0.25) is 0 Å². The van der Waals surface area contributed by atoms with E-state index in [9.17, 15) is 4.79 Å². The van der Waals surface area contributed by atoms with Crippen molar-refractivity contribution in [2.24, 2.45) is 0 Å². The van der Waals surface area contributed by atoms with E-state index in [0.29, 0.717) is 12.2 Å². The number of aryl methyl sites for hydroxylation is 1. The highest BCUT2D eigenvalue weighted by Gasteiger charge is 2.18. The van der Waals surface area contributed by atoms with Crippen LogP contribution in [-0.2, 0) is 6.54 Å². The van der Waals surface area contributed by atoms with Crippen molar-refractivity contribution in [1.82, 2.24) is 9.78 Å². The van der Waals surface area contributed by atoms with Gasteiger partial charge in [0.2, 0.25) is 0 Å². The molecule has 0 atom stereocenters. The molecule has 1 aromatic carbocycles. The van der Waals surface area contributed by atoms with E-state index in [1.807, 2.05) is 31.2 Å². The molecule has 0 amide bonds. The molecule has 0 fully saturated rings. The molecule has 2 rings (SSSR count). The van der Waals surface area contributed by atoms with E-state index in [2.05, 4.69) is 21.0 Å². The van der Waals surface area contributed by atoms with Gasteiger partial charge < -0.3 is 5.11 Å².